The number of aromatic nitrogens is 1. The average molecular weight is 506 g/mol. The van der Waals surface area contributed by atoms with Crippen molar-refractivity contribution in [3.63, 3.8) is 0 Å². The summed E-state index contributed by atoms with van der Waals surface area (Å²) in [6.07, 6.45) is 3.93. The van der Waals surface area contributed by atoms with Crippen molar-refractivity contribution >= 4 is 22.9 Å². The fourth-order valence-corrected chi connectivity index (χ4v) is 4.73. The second-order valence-electron chi connectivity index (χ2n) is 9.21. The second-order valence-corrected chi connectivity index (χ2v) is 9.21. The predicted molar refractivity (Wildman–Crippen MR) is 144 cm³/mol. The molecule has 0 radical (unpaired) electrons. The number of piperidine rings is 1. The standard InChI is InChI=1S/C29H35N3O5/c1-3-37-23-8-4-20(5-9-23)18-30-22-14-16-32(17-15-22)19-26(33)25-10-6-21(7-13-28(34)35)24-11-12-27(36-2)31-29(24)25/h4-13,22,26,30,33H,3,14-19H2,1-2H3,(H,34,35)/b13-7+. The molecule has 37 heavy (non-hydrogen) atoms. The van der Waals surface area contributed by atoms with E-state index in [1.807, 2.05) is 37.3 Å². The molecule has 2 heterocycles. The maximum atomic E-state index is 11.2. The van der Waals surface area contributed by atoms with Gasteiger partial charge >= 0.3 is 5.97 Å². The summed E-state index contributed by atoms with van der Waals surface area (Å²) in [7, 11) is 1.55. The fourth-order valence-electron chi connectivity index (χ4n) is 4.73. The monoisotopic (exact) mass is 505 g/mol. The van der Waals surface area contributed by atoms with Gasteiger partial charge in [-0.2, -0.15) is 0 Å². The van der Waals surface area contributed by atoms with Crippen LogP contribution in [0.2, 0.25) is 0 Å². The van der Waals surface area contributed by atoms with Gasteiger partial charge in [-0.05, 0) is 68.3 Å². The number of ether oxygens (including phenoxy) is 2. The molecule has 8 nitrogen and oxygen atoms in total. The van der Waals surface area contributed by atoms with E-state index in [0.29, 0.717) is 36.2 Å². The quantitative estimate of drug-likeness (QED) is 0.336. The van der Waals surface area contributed by atoms with Gasteiger partial charge in [-0.1, -0.05) is 24.3 Å². The van der Waals surface area contributed by atoms with Crippen molar-refractivity contribution in [3.8, 4) is 11.6 Å². The van der Waals surface area contributed by atoms with E-state index in [4.69, 9.17) is 14.6 Å². The Morgan fingerprint density at radius 3 is 2.59 bits per heavy atom. The van der Waals surface area contributed by atoms with E-state index in [0.717, 1.165) is 55.3 Å². The van der Waals surface area contributed by atoms with E-state index in [2.05, 4.69) is 27.3 Å². The van der Waals surface area contributed by atoms with Crippen LogP contribution in [0.15, 0.2) is 54.6 Å². The predicted octanol–water partition coefficient (Wildman–Crippen LogP) is 4.03. The summed E-state index contributed by atoms with van der Waals surface area (Å²) >= 11 is 0. The molecule has 1 fully saturated rings. The lowest BCUT2D eigenvalue weighted by Gasteiger charge is -2.33. The zero-order chi connectivity index (χ0) is 26.2. The molecule has 1 atom stereocenters. The number of aliphatic hydroxyl groups is 1. The molecule has 4 rings (SSSR count). The Morgan fingerprint density at radius 1 is 1.16 bits per heavy atom. The van der Waals surface area contributed by atoms with Gasteiger partial charge in [0.15, 0.2) is 0 Å². The topological polar surface area (TPSA) is 104 Å². The smallest absolute Gasteiger partial charge is 0.328 e. The van der Waals surface area contributed by atoms with Crippen LogP contribution in [-0.4, -0.2) is 65.5 Å². The number of benzene rings is 2. The molecule has 1 saturated heterocycles. The number of nitrogens with zero attached hydrogens (tertiary/aromatic N) is 2. The molecule has 1 unspecified atom stereocenters. The Labute approximate surface area is 217 Å². The van der Waals surface area contributed by atoms with Crippen LogP contribution < -0.4 is 14.8 Å². The van der Waals surface area contributed by atoms with Crippen LogP contribution in [0.3, 0.4) is 0 Å². The number of aliphatic carboxylic acids is 1. The Morgan fingerprint density at radius 2 is 1.92 bits per heavy atom. The molecule has 196 valence electrons. The minimum atomic E-state index is -1.02. The zero-order valence-corrected chi connectivity index (χ0v) is 21.4. The van der Waals surface area contributed by atoms with Crippen molar-refractivity contribution in [3.05, 3.63) is 71.3 Å². The van der Waals surface area contributed by atoms with Gasteiger partial charge < -0.3 is 29.9 Å². The SMILES string of the molecule is CCOc1ccc(CNC2CCN(CC(O)c3ccc(/C=C/C(=O)O)c4ccc(OC)nc34)CC2)cc1. The first kappa shape index (κ1) is 26.6. The summed E-state index contributed by atoms with van der Waals surface area (Å²) < 4.78 is 10.8. The van der Waals surface area contributed by atoms with E-state index in [-0.39, 0.29) is 0 Å². The molecule has 0 aliphatic carbocycles. The number of carbonyl (C=O) groups is 1. The van der Waals surface area contributed by atoms with Gasteiger partial charge in [0.1, 0.15) is 5.75 Å². The number of hydrogen-bond acceptors (Lipinski definition) is 7. The summed E-state index contributed by atoms with van der Waals surface area (Å²) in [4.78, 5) is 17.9. The van der Waals surface area contributed by atoms with Crippen molar-refractivity contribution < 1.29 is 24.5 Å². The maximum Gasteiger partial charge on any atom is 0.328 e. The van der Waals surface area contributed by atoms with Crippen molar-refractivity contribution in [1.29, 1.82) is 0 Å². The van der Waals surface area contributed by atoms with E-state index >= 15 is 0 Å². The van der Waals surface area contributed by atoms with E-state index in [1.165, 1.54) is 5.56 Å². The zero-order valence-electron chi connectivity index (χ0n) is 21.4. The number of likely N-dealkylation sites (tertiary alicyclic amines) is 1. The highest BCUT2D eigenvalue weighted by Gasteiger charge is 2.23. The second kappa shape index (κ2) is 12.7. The van der Waals surface area contributed by atoms with E-state index < -0.39 is 12.1 Å². The van der Waals surface area contributed by atoms with Crippen molar-refractivity contribution in [2.75, 3.05) is 33.4 Å². The van der Waals surface area contributed by atoms with Gasteiger partial charge in [0, 0.05) is 42.2 Å². The molecule has 3 aromatic rings. The number of nitrogens with one attached hydrogen (secondary N) is 1. The lowest BCUT2D eigenvalue weighted by atomic mass is 9.98. The Kier molecular flexibility index (Phi) is 9.11. The Bertz CT molecular complexity index is 1220. The van der Waals surface area contributed by atoms with E-state index in [9.17, 15) is 9.90 Å². The number of pyridine rings is 1. The summed E-state index contributed by atoms with van der Waals surface area (Å²) in [5.74, 6) is 0.321. The normalized spacial score (nSPS) is 15.8. The number of rotatable bonds is 11. The highest BCUT2D eigenvalue weighted by atomic mass is 16.5. The lowest BCUT2D eigenvalue weighted by Crippen LogP contribution is -2.43. The molecule has 0 spiro atoms. The number of aliphatic hydroxyl groups excluding tert-OH is 1. The van der Waals surface area contributed by atoms with Crippen molar-refractivity contribution in [2.24, 2.45) is 0 Å². The molecule has 1 aromatic heterocycles. The molecular weight excluding hydrogens is 470 g/mol. The molecule has 0 saturated carbocycles. The minimum Gasteiger partial charge on any atom is -0.494 e. The van der Waals surface area contributed by atoms with Crippen LogP contribution >= 0.6 is 0 Å². The van der Waals surface area contributed by atoms with Gasteiger partial charge in [0.2, 0.25) is 5.88 Å². The Balaban J connectivity index is 1.36. The molecular formula is C29H35N3O5. The minimum absolute atomic E-state index is 0.437. The molecule has 0 bridgehead atoms. The van der Waals surface area contributed by atoms with Gasteiger partial charge in [0.25, 0.3) is 0 Å². The molecule has 3 N–H and O–H groups in total. The molecule has 2 aromatic carbocycles. The first-order valence-electron chi connectivity index (χ1n) is 12.7. The molecule has 8 heteroatoms. The third kappa shape index (κ3) is 7.07. The van der Waals surface area contributed by atoms with Gasteiger partial charge in [-0.25, -0.2) is 9.78 Å². The number of fused-ring (bicyclic) bond motifs is 1. The lowest BCUT2D eigenvalue weighted by molar-refractivity contribution is -0.131. The van der Waals surface area contributed by atoms with Crippen LogP contribution in [0.25, 0.3) is 17.0 Å². The van der Waals surface area contributed by atoms with Crippen LogP contribution in [0.1, 0.15) is 42.6 Å². The Hall–Kier alpha value is -3.46. The largest absolute Gasteiger partial charge is 0.494 e. The number of carboxylic acid groups (broad SMARTS) is 1. The first-order chi connectivity index (χ1) is 18.0. The van der Waals surface area contributed by atoms with Crippen LogP contribution in [0.5, 0.6) is 11.6 Å². The highest BCUT2D eigenvalue weighted by Crippen LogP contribution is 2.29. The summed E-state index contributed by atoms with van der Waals surface area (Å²) in [5, 5.41) is 24.6. The average Bonchev–Trinajstić information content (AvgIpc) is 2.91. The maximum absolute atomic E-state index is 11.2. The van der Waals surface area contributed by atoms with E-state index in [1.54, 1.807) is 19.3 Å². The number of methoxy groups -OCH3 is 1. The highest BCUT2D eigenvalue weighted by molar-refractivity contribution is 5.94. The van der Waals surface area contributed by atoms with Gasteiger partial charge in [-0.3, -0.25) is 0 Å². The van der Waals surface area contributed by atoms with Gasteiger partial charge in [0.05, 0.1) is 25.3 Å². The molecule has 0 amide bonds. The third-order valence-electron chi connectivity index (χ3n) is 6.72. The summed E-state index contributed by atoms with van der Waals surface area (Å²) in [6, 6.07) is 15.9. The number of hydrogen-bond donors (Lipinski definition) is 3. The van der Waals surface area contributed by atoms with Crippen molar-refractivity contribution in [2.45, 2.75) is 38.5 Å². The molecule has 1 aliphatic rings. The molecule has 1 aliphatic heterocycles. The fraction of sp³-hybridized carbons (Fsp3) is 0.379. The third-order valence-corrected chi connectivity index (χ3v) is 6.72. The van der Waals surface area contributed by atoms with Crippen LogP contribution in [0, 0.1) is 0 Å². The van der Waals surface area contributed by atoms with Crippen LogP contribution in [0.4, 0.5) is 0 Å². The number of carboxylic acids is 1. The summed E-state index contributed by atoms with van der Waals surface area (Å²) in [5.41, 5.74) is 3.28. The van der Waals surface area contributed by atoms with Crippen LogP contribution in [-0.2, 0) is 11.3 Å². The summed E-state index contributed by atoms with van der Waals surface area (Å²) in [6.45, 7) is 5.76. The van der Waals surface area contributed by atoms with Gasteiger partial charge in [-0.15, -0.1) is 0 Å². The van der Waals surface area contributed by atoms with Crippen molar-refractivity contribution in [1.82, 2.24) is 15.2 Å². The number of β-amino-alcohol motifs (C(OH)–C–C–N with tert-alkyl or cyclic N) is 1. The first-order valence-corrected chi connectivity index (χ1v) is 12.7.